The highest BCUT2D eigenvalue weighted by Crippen LogP contribution is 2.21. The van der Waals surface area contributed by atoms with Crippen molar-refractivity contribution in [3.63, 3.8) is 0 Å². The highest BCUT2D eigenvalue weighted by molar-refractivity contribution is 6.04. The molecule has 1 saturated heterocycles. The van der Waals surface area contributed by atoms with Gasteiger partial charge in [0.05, 0.1) is 0 Å². The second-order valence-corrected chi connectivity index (χ2v) is 4.89. The zero-order valence-corrected chi connectivity index (χ0v) is 11.7. The lowest BCUT2D eigenvalue weighted by Crippen LogP contribution is -2.27. The largest absolute Gasteiger partial charge is 0.336 e. The van der Waals surface area contributed by atoms with Gasteiger partial charge >= 0.3 is 6.03 Å². The molecule has 2 aromatic carbocycles. The van der Waals surface area contributed by atoms with Crippen LogP contribution in [0.5, 0.6) is 0 Å². The van der Waals surface area contributed by atoms with Gasteiger partial charge < -0.3 is 10.6 Å². The number of urea groups is 1. The third-order valence-corrected chi connectivity index (χ3v) is 3.38. The SMILES string of the molecule is O=C(Nc1cccc(N2CCNC2=O)c1)c1ccc(F)cc1. The smallest absolute Gasteiger partial charge is 0.321 e. The van der Waals surface area contributed by atoms with Gasteiger partial charge in [-0.2, -0.15) is 0 Å². The van der Waals surface area contributed by atoms with E-state index >= 15 is 0 Å². The van der Waals surface area contributed by atoms with Crippen molar-refractivity contribution in [3.8, 4) is 0 Å². The first-order chi connectivity index (χ1) is 10.6. The Morgan fingerprint density at radius 1 is 1.18 bits per heavy atom. The van der Waals surface area contributed by atoms with Crippen molar-refractivity contribution < 1.29 is 14.0 Å². The van der Waals surface area contributed by atoms with Crippen molar-refractivity contribution in [2.75, 3.05) is 23.3 Å². The van der Waals surface area contributed by atoms with Gasteiger partial charge in [0.2, 0.25) is 0 Å². The predicted molar refractivity (Wildman–Crippen MR) is 81.5 cm³/mol. The van der Waals surface area contributed by atoms with Crippen molar-refractivity contribution >= 4 is 23.3 Å². The molecule has 112 valence electrons. The summed E-state index contributed by atoms with van der Waals surface area (Å²) >= 11 is 0. The Labute approximate surface area is 126 Å². The van der Waals surface area contributed by atoms with Gasteiger partial charge in [0, 0.05) is 30.0 Å². The number of amides is 3. The Bertz CT molecular complexity index is 716. The maximum atomic E-state index is 12.9. The molecule has 2 N–H and O–H groups in total. The van der Waals surface area contributed by atoms with Gasteiger partial charge in [0.25, 0.3) is 5.91 Å². The average Bonchev–Trinajstić information content (AvgIpc) is 2.94. The van der Waals surface area contributed by atoms with E-state index in [1.54, 1.807) is 29.2 Å². The molecular formula is C16H14FN3O2. The molecule has 0 aromatic heterocycles. The van der Waals surface area contributed by atoms with Gasteiger partial charge in [-0.15, -0.1) is 0 Å². The van der Waals surface area contributed by atoms with Crippen LogP contribution >= 0.6 is 0 Å². The number of halogens is 1. The molecule has 3 rings (SSSR count). The Kier molecular flexibility index (Phi) is 3.74. The van der Waals surface area contributed by atoms with E-state index in [4.69, 9.17) is 0 Å². The van der Waals surface area contributed by atoms with E-state index in [1.807, 2.05) is 0 Å². The molecule has 0 aliphatic carbocycles. The summed E-state index contributed by atoms with van der Waals surface area (Å²) in [6.07, 6.45) is 0. The van der Waals surface area contributed by atoms with Crippen molar-refractivity contribution in [3.05, 3.63) is 59.9 Å². The molecule has 1 aliphatic heterocycles. The molecule has 0 unspecified atom stereocenters. The second kappa shape index (κ2) is 5.85. The van der Waals surface area contributed by atoms with Crippen LogP contribution in [0.15, 0.2) is 48.5 Å². The summed E-state index contributed by atoms with van der Waals surface area (Å²) in [4.78, 5) is 25.4. The van der Waals surface area contributed by atoms with E-state index in [0.29, 0.717) is 30.0 Å². The Morgan fingerprint density at radius 3 is 2.64 bits per heavy atom. The number of nitrogens with one attached hydrogen (secondary N) is 2. The zero-order chi connectivity index (χ0) is 15.5. The van der Waals surface area contributed by atoms with Gasteiger partial charge in [-0.05, 0) is 42.5 Å². The number of carbonyl (C=O) groups excluding carboxylic acids is 2. The quantitative estimate of drug-likeness (QED) is 0.915. The minimum Gasteiger partial charge on any atom is -0.336 e. The fourth-order valence-corrected chi connectivity index (χ4v) is 2.27. The molecule has 1 fully saturated rings. The number of anilines is 2. The minimum absolute atomic E-state index is 0.151. The number of hydrogen-bond donors (Lipinski definition) is 2. The topological polar surface area (TPSA) is 61.4 Å². The molecular weight excluding hydrogens is 285 g/mol. The first kappa shape index (κ1) is 14.1. The predicted octanol–water partition coefficient (Wildman–Crippen LogP) is 2.61. The monoisotopic (exact) mass is 299 g/mol. The molecule has 1 heterocycles. The van der Waals surface area contributed by atoms with Crippen molar-refractivity contribution in [1.82, 2.24) is 5.32 Å². The minimum atomic E-state index is -0.390. The van der Waals surface area contributed by atoms with Crippen LogP contribution in [0.2, 0.25) is 0 Å². The molecule has 1 aliphatic rings. The second-order valence-electron chi connectivity index (χ2n) is 4.89. The molecule has 2 aromatic rings. The van der Waals surface area contributed by atoms with Crippen LogP contribution in [0.25, 0.3) is 0 Å². The summed E-state index contributed by atoms with van der Waals surface area (Å²) < 4.78 is 12.9. The standard InChI is InChI=1S/C16H14FN3O2/c17-12-6-4-11(5-7-12)15(21)19-13-2-1-3-14(10-13)20-9-8-18-16(20)22/h1-7,10H,8-9H2,(H,18,22)(H,19,21). The number of carbonyl (C=O) groups is 2. The Morgan fingerprint density at radius 2 is 1.95 bits per heavy atom. The lowest BCUT2D eigenvalue weighted by Gasteiger charge is -2.15. The van der Waals surface area contributed by atoms with Crippen LogP contribution in [0, 0.1) is 5.82 Å². The maximum Gasteiger partial charge on any atom is 0.321 e. The molecule has 0 saturated carbocycles. The summed E-state index contributed by atoms with van der Waals surface area (Å²) in [7, 11) is 0. The lowest BCUT2D eigenvalue weighted by atomic mass is 10.2. The van der Waals surface area contributed by atoms with Crippen molar-refractivity contribution in [1.29, 1.82) is 0 Å². The number of hydrogen-bond acceptors (Lipinski definition) is 2. The van der Waals surface area contributed by atoms with Gasteiger partial charge in [-0.1, -0.05) is 6.07 Å². The van der Waals surface area contributed by atoms with Crippen LogP contribution in [-0.2, 0) is 0 Å². The molecule has 0 bridgehead atoms. The molecule has 5 nitrogen and oxygen atoms in total. The van der Waals surface area contributed by atoms with Crippen molar-refractivity contribution in [2.24, 2.45) is 0 Å². The van der Waals surface area contributed by atoms with Gasteiger partial charge in [0.15, 0.2) is 0 Å². The molecule has 0 radical (unpaired) electrons. The molecule has 6 heteroatoms. The third kappa shape index (κ3) is 2.90. The van der Waals surface area contributed by atoms with E-state index in [1.165, 1.54) is 24.3 Å². The zero-order valence-electron chi connectivity index (χ0n) is 11.7. The Balaban J connectivity index is 1.76. The first-order valence-electron chi connectivity index (χ1n) is 6.86. The van der Waals surface area contributed by atoms with E-state index in [9.17, 15) is 14.0 Å². The highest BCUT2D eigenvalue weighted by Gasteiger charge is 2.21. The van der Waals surface area contributed by atoms with E-state index < -0.39 is 5.82 Å². The van der Waals surface area contributed by atoms with Crippen LogP contribution in [0.4, 0.5) is 20.6 Å². The van der Waals surface area contributed by atoms with Gasteiger partial charge in [0.1, 0.15) is 5.82 Å². The van der Waals surface area contributed by atoms with E-state index in [-0.39, 0.29) is 11.9 Å². The average molecular weight is 299 g/mol. The number of nitrogens with zero attached hydrogens (tertiary/aromatic N) is 1. The molecule has 22 heavy (non-hydrogen) atoms. The summed E-state index contributed by atoms with van der Waals surface area (Å²) in [6, 6.07) is 12.2. The fraction of sp³-hybridized carbons (Fsp3) is 0.125. The maximum absolute atomic E-state index is 12.9. The summed E-state index contributed by atoms with van der Waals surface area (Å²) in [5.41, 5.74) is 1.66. The molecule has 0 spiro atoms. The van der Waals surface area contributed by atoms with Crippen LogP contribution in [0.3, 0.4) is 0 Å². The van der Waals surface area contributed by atoms with Crippen LogP contribution in [-0.4, -0.2) is 25.0 Å². The van der Waals surface area contributed by atoms with Crippen molar-refractivity contribution in [2.45, 2.75) is 0 Å². The van der Waals surface area contributed by atoms with Crippen LogP contribution < -0.4 is 15.5 Å². The van der Waals surface area contributed by atoms with Gasteiger partial charge in [-0.3, -0.25) is 9.69 Å². The summed E-state index contributed by atoms with van der Waals surface area (Å²) in [5.74, 6) is -0.721. The van der Waals surface area contributed by atoms with E-state index in [2.05, 4.69) is 10.6 Å². The fourth-order valence-electron chi connectivity index (χ4n) is 2.27. The van der Waals surface area contributed by atoms with Crippen LogP contribution in [0.1, 0.15) is 10.4 Å². The Hall–Kier alpha value is -2.89. The van der Waals surface area contributed by atoms with Gasteiger partial charge in [-0.25, -0.2) is 9.18 Å². The lowest BCUT2D eigenvalue weighted by molar-refractivity contribution is 0.102. The summed E-state index contributed by atoms with van der Waals surface area (Å²) in [5, 5.41) is 5.46. The first-order valence-corrected chi connectivity index (χ1v) is 6.86. The normalized spacial score (nSPS) is 13.9. The number of benzene rings is 2. The number of rotatable bonds is 3. The summed E-state index contributed by atoms with van der Waals surface area (Å²) in [6.45, 7) is 1.19. The van der Waals surface area contributed by atoms with E-state index in [0.717, 1.165) is 0 Å². The third-order valence-electron chi connectivity index (χ3n) is 3.38. The highest BCUT2D eigenvalue weighted by atomic mass is 19.1. The molecule has 0 atom stereocenters. The molecule has 3 amide bonds.